The molecule has 0 heterocycles. The molecular formula is C14H17IO2. The van der Waals surface area contributed by atoms with Gasteiger partial charge in [0, 0.05) is 10.3 Å². The monoisotopic (exact) mass is 344 g/mol. The van der Waals surface area contributed by atoms with E-state index in [9.17, 15) is 9.90 Å². The Morgan fingerprint density at radius 3 is 2.59 bits per heavy atom. The number of alkyl halides is 1. The van der Waals surface area contributed by atoms with Crippen LogP contribution in [-0.4, -0.2) is 21.4 Å². The van der Waals surface area contributed by atoms with E-state index in [4.69, 9.17) is 0 Å². The molecule has 3 heteroatoms. The Labute approximate surface area is 116 Å². The summed E-state index contributed by atoms with van der Waals surface area (Å²) in [5.41, 5.74) is 1.03. The van der Waals surface area contributed by atoms with E-state index in [-0.39, 0.29) is 11.7 Å². The van der Waals surface area contributed by atoms with Crippen LogP contribution in [0.3, 0.4) is 0 Å². The van der Waals surface area contributed by atoms with Gasteiger partial charge in [0.15, 0.2) is 0 Å². The standard InChI is InChI=1S/C14H17IO2/c1-11(16)13(9-10-15)14(17)8-7-12-5-3-2-4-6-12/h2-8,13-14,17H,9-10H2,1H3/b8-7+/t13-,14+/m0/s1. The molecule has 1 aromatic rings. The molecule has 0 fully saturated rings. The van der Waals surface area contributed by atoms with Crippen molar-refractivity contribution in [2.45, 2.75) is 19.4 Å². The fourth-order valence-electron chi connectivity index (χ4n) is 1.64. The molecule has 0 radical (unpaired) electrons. The summed E-state index contributed by atoms with van der Waals surface area (Å²) in [6.45, 7) is 1.54. The van der Waals surface area contributed by atoms with E-state index in [1.54, 1.807) is 6.08 Å². The number of hydrogen-bond acceptors (Lipinski definition) is 2. The highest BCUT2D eigenvalue weighted by atomic mass is 127. The van der Waals surface area contributed by atoms with Gasteiger partial charge in [0.1, 0.15) is 5.78 Å². The highest BCUT2D eigenvalue weighted by molar-refractivity contribution is 14.1. The molecule has 17 heavy (non-hydrogen) atoms. The van der Waals surface area contributed by atoms with Crippen LogP contribution in [-0.2, 0) is 4.79 Å². The summed E-state index contributed by atoms with van der Waals surface area (Å²) in [6, 6.07) is 9.76. The average molecular weight is 344 g/mol. The lowest BCUT2D eigenvalue weighted by molar-refractivity contribution is -0.123. The van der Waals surface area contributed by atoms with Gasteiger partial charge in [-0.1, -0.05) is 65.1 Å². The maximum atomic E-state index is 11.4. The van der Waals surface area contributed by atoms with Crippen molar-refractivity contribution in [3.63, 3.8) is 0 Å². The van der Waals surface area contributed by atoms with E-state index in [2.05, 4.69) is 22.6 Å². The largest absolute Gasteiger partial charge is 0.388 e. The fraction of sp³-hybridized carbons (Fsp3) is 0.357. The fourth-order valence-corrected chi connectivity index (χ4v) is 2.31. The first-order chi connectivity index (χ1) is 8.15. The number of aliphatic hydroxyl groups excluding tert-OH is 1. The topological polar surface area (TPSA) is 37.3 Å². The molecular weight excluding hydrogens is 327 g/mol. The second kappa shape index (κ2) is 7.61. The van der Waals surface area contributed by atoms with Crippen LogP contribution in [0.1, 0.15) is 18.9 Å². The first kappa shape index (κ1) is 14.4. The van der Waals surface area contributed by atoms with Gasteiger partial charge < -0.3 is 5.11 Å². The molecule has 0 aliphatic heterocycles. The molecule has 0 unspecified atom stereocenters. The Bertz CT molecular complexity index is 373. The van der Waals surface area contributed by atoms with E-state index in [0.717, 1.165) is 16.4 Å². The first-order valence-electron chi connectivity index (χ1n) is 5.63. The predicted molar refractivity (Wildman–Crippen MR) is 79.2 cm³/mol. The lowest BCUT2D eigenvalue weighted by Crippen LogP contribution is -2.25. The molecule has 0 aromatic heterocycles. The third kappa shape index (κ3) is 5.00. The van der Waals surface area contributed by atoms with Crippen molar-refractivity contribution >= 4 is 34.5 Å². The Morgan fingerprint density at radius 2 is 2.06 bits per heavy atom. The summed E-state index contributed by atoms with van der Waals surface area (Å²) in [4.78, 5) is 11.4. The van der Waals surface area contributed by atoms with E-state index in [0.29, 0.717) is 0 Å². The lowest BCUT2D eigenvalue weighted by atomic mass is 9.95. The zero-order chi connectivity index (χ0) is 12.7. The van der Waals surface area contributed by atoms with Crippen LogP contribution in [0, 0.1) is 5.92 Å². The second-order valence-electron chi connectivity index (χ2n) is 3.96. The number of Topliss-reactive ketones (excluding diaryl/α,β-unsaturated/α-hetero) is 1. The Balaban J connectivity index is 2.66. The van der Waals surface area contributed by atoms with Crippen molar-refractivity contribution in [1.82, 2.24) is 0 Å². The average Bonchev–Trinajstić information content (AvgIpc) is 2.34. The quantitative estimate of drug-likeness (QED) is 0.636. The van der Waals surface area contributed by atoms with Crippen LogP contribution in [0.25, 0.3) is 6.08 Å². The number of ketones is 1. The SMILES string of the molecule is CC(=O)[C@H](CCI)[C@H](O)/C=C/c1ccccc1. The Kier molecular flexibility index (Phi) is 6.44. The number of aliphatic hydroxyl groups is 1. The molecule has 0 aliphatic rings. The molecule has 92 valence electrons. The summed E-state index contributed by atoms with van der Waals surface area (Å²) in [5, 5.41) is 9.96. The van der Waals surface area contributed by atoms with Crippen LogP contribution < -0.4 is 0 Å². The molecule has 0 aliphatic carbocycles. The van der Waals surface area contributed by atoms with Crippen LogP contribution in [0.15, 0.2) is 36.4 Å². The molecule has 0 amide bonds. The number of hydrogen-bond donors (Lipinski definition) is 1. The third-order valence-corrected chi connectivity index (χ3v) is 3.26. The number of carbonyl (C=O) groups is 1. The van der Waals surface area contributed by atoms with Crippen LogP contribution in [0.2, 0.25) is 0 Å². The summed E-state index contributed by atoms with van der Waals surface area (Å²) < 4.78 is 0.873. The molecule has 0 spiro atoms. The van der Waals surface area contributed by atoms with Crippen LogP contribution in [0.4, 0.5) is 0 Å². The Hall–Kier alpha value is -0.680. The minimum atomic E-state index is -0.692. The van der Waals surface area contributed by atoms with Crippen LogP contribution >= 0.6 is 22.6 Å². The Morgan fingerprint density at radius 1 is 1.41 bits per heavy atom. The number of halogens is 1. The van der Waals surface area contributed by atoms with E-state index >= 15 is 0 Å². The molecule has 2 nitrogen and oxygen atoms in total. The minimum Gasteiger partial charge on any atom is -0.388 e. The van der Waals surface area contributed by atoms with Crippen molar-refractivity contribution in [3.8, 4) is 0 Å². The second-order valence-corrected chi connectivity index (χ2v) is 5.03. The van der Waals surface area contributed by atoms with Crippen molar-refractivity contribution in [2.75, 3.05) is 4.43 Å². The molecule has 1 aromatic carbocycles. The highest BCUT2D eigenvalue weighted by Gasteiger charge is 2.20. The van der Waals surface area contributed by atoms with E-state index in [1.807, 2.05) is 36.4 Å². The molecule has 0 saturated heterocycles. The van der Waals surface area contributed by atoms with Gasteiger partial charge in [-0.05, 0) is 18.9 Å². The predicted octanol–water partition coefficient (Wildman–Crippen LogP) is 3.09. The van der Waals surface area contributed by atoms with Gasteiger partial charge in [-0.2, -0.15) is 0 Å². The zero-order valence-corrected chi connectivity index (χ0v) is 12.0. The maximum absolute atomic E-state index is 11.4. The molecule has 0 bridgehead atoms. The molecule has 1 rings (SSSR count). The van der Waals surface area contributed by atoms with Crippen molar-refractivity contribution in [2.24, 2.45) is 5.92 Å². The first-order valence-corrected chi connectivity index (χ1v) is 7.15. The molecule has 1 N–H and O–H groups in total. The zero-order valence-electron chi connectivity index (χ0n) is 9.84. The summed E-state index contributed by atoms with van der Waals surface area (Å²) in [7, 11) is 0. The van der Waals surface area contributed by atoms with Gasteiger partial charge in [-0.25, -0.2) is 0 Å². The smallest absolute Gasteiger partial charge is 0.135 e. The number of benzene rings is 1. The minimum absolute atomic E-state index is 0.0480. The van der Waals surface area contributed by atoms with Gasteiger partial charge in [-0.15, -0.1) is 0 Å². The van der Waals surface area contributed by atoms with E-state index in [1.165, 1.54) is 6.92 Å². The van der Waals surface area contributed by atoms with Gasteiger partial charge in [0.2, 0.25) is 0 Å². The summed E-state index contributed by atoms with van der Waals surface area (Å²) in [5.74, 6) is -0.237. The normalized spacial score (nSPS) is 14.8. The van der Waals surface area contributed by atoms with E-state index < -0.39 is 6.10 Å². The number of carbonyl (C=O) groups excluding carboxylic acids is 1. The highest BCUT2D eigenvalue weighted by Crippen LogP contribution is 2.15. The van der Waals surface area contributed by atoms with Crippen LogP contribution in [0.5, 0.6) is 0 Å². The lowest BCUT2D eigenvalue weighted by Gasteiger charge is -2.16. The third-order valence-electron chi connectivity index (χ3n) is 2.64. The maximum Gasteiger partial charge on any atom is 0.135 e. The van der Waals surface area contributed by atoms with Crippen molar-refractivity contribution in [3.05, 3.63) is 42.0 Å². The van der Waals surface area contributed by atoms with Crippen molar-refractivity contribution < 1.29 is 9.90 Å². The number of rotatable bonds is 6. The van der Waals surface area contributed by atoms with Gasteiger partial charge in [-0.3, -0.25) is 4.79 Å². The van der Waals surface area contributed by atoms with Gasteiger partial charge in [0.25, 0.3) is 0 Å². The van der Waals surface area contributed by atoms with Crippen molar-refractivity contribution in [1.29, 1.82) is 0 Å². The molecule has 2 atom stereocenters. The van der Waals surface area contributed by atoms with Gasteiger partial charge in [0.05, 0.1) is 6.10 Å². The van der Waals surface area contributed by atoms with Gasteiger partial charge >= 0.3 is 0 Å². The molecule has 0 saturated carbocycles. The summed E-state index contributed by atoms with van der Waals surface area (Å²) >= 11 is 2.22. The summed E-state index contributed by atoms with van der Waals surface area (Å²) in [6.07, 6.45) is 3.58.